The molecular weight excluding hydrogens is 438 g/mol. The number of hydrogen-bond acceptors (Lipinski definition) is 7. The van der Waals surface area contributed by atoms with Gasteiger partial charge in [-0.2, -0.15) is 0 Å². The number of rotatable bonds is 2. The molecule has 1 amide bonds. The van der Waals surface area contributed by atoms with Gasteiger partial charge in [0.05, 0.1) is 24.0 Å². The standard InChI is InChI=1S/C22H24F2N4O3S/c1-21(2,3)31-20(29)27-19-28-22(4-7-30-11-13(22)12-32-19)15-8-14(16(23)9-17(15)24)18-10-25-5-6-26-18/h5-6,8-10,13H,4,7,11-12H2,1-3H3,(H,27,28,29)/t13-,22-/m0/s1. The summed E-state index contributed by atoms with van der Waals surface area (Å²) >= 11 is 1.35. The number of ether oxygens (including phenoxy) is 2. The maximum absolute atomic E-state index is 15.2. The Kier molecular flexibility index (Phi) is 6.17. The van der Waals surface area contributed by atoms with Crippen LogP contribution in [0.3, 0.4) is 0 Å². The molecule has 1 saturated heterocycles. The van der Waals surface area contributed by atoms with Crippen LogP contribution in [0.2, 0.25) is 0 Å². The zero-order valence-corrected chi connectivity index (χ0v) is 18.8. The normalized spacial score (nSPS) is 23.2. The van der Waals surface area contributed by atoms with Gasteiger partial charge in [-0.25, -0.2) is 13.6 Å². The van der Waals surface area contributed by atoms with Crippen molar-refractivity contribution < 1.29 is 23.0 Å². The van der Waals surface area contributed by atoms with Crippen LogP contribution in [-0.2, 0) is 15.0 Å². The number of carbonyl (C=O) groups excluding carboxylic acids is 1. The molecule has 1 aromatic carbocycles. The molecule has 10 heteroatoms. The number of thioether (sulfide) groups is 1. The number of halogens is 2. The van der Waals surface area contributed by atoms with E-state index in [4.69, 9.17) is 14.5 Å². The second-order valence-electron chi connectivity index (χ2n) is 8.70. The van der Waals surface area contributed by atoms with E-state index in [1.165, 1.54) is 36.4 Å². The second-order valence-corrected chi connectivity index (χ2v) is 9.71. The van der Waals surface area contributed by atoms with E-state index in [1.54, 1.807) is 20.8 Å². The van der Waals surface area contributed by atoms with E-state index in [9.17, 15) is 9.18 Å². The van der Waals surface area contributed by atoms with Gasteiger partial charge in [0.2, 0.25) is 0 Å². The van der Waals surface area contributed by atoms with Crippen molar-refractivity contribution in [1.29, 1.82) is 0 Å². The van der Waals surface area contributed by atoms with Crippen molar-refractivity contribution in [2.45, 2.75) is 38.3 Å². The molecule has 0 unspecified atom stereocenters. The number of amidine groups is 1. The van der Waals surface area contributed by atoms with Crippen molar-refractivity contribution in [2.75, 3.05) is 19.0 Å². The summed E-state index contributed by atoms with van der Waals surface area (Å²) in [7, 11) is 0. The van der Waals surface area contributed by atoms with Crippen LogP contribution in [0, 0.1) is 17.6 Å². The molecule has 7 nitrogen and oxygen atoms in total. The molecule has 0 saturated carbocycles. The fourth-order valence-electron chi connectivity index (χ4n) is 3.91. The first-order valence-corrected chi connectivity index (χ1v) is 11.2. The van der Waals surface area contributed by atoms with Crippen LogP contribution >= 0.6 is 11.8 Å². The fraction of sp³-hybridized carbons (Fsp3) is 0.455. The summed E-state index contributed by atoms with van der Waals surface area (Å²) in [6.07, 6.45) is 4.11. The Morgan fingerprint density at radius 1 is 1.28 bits per heavy atom. The maximum Gasteiger partial charge on any atom is 0.413 e. The molecule has 0 aliphatic carbocycles. The SMILES string of the molecule is CC(C)(C)OC(=O)NC1=N[C@@]2(c3cc(-c4cnccn4)c(F)cc3F)CCOC[C@H]2CS1. The molecule has 3 heterocycles. The molecule has 2 aliphatic rings. The second kappa shape index (κ2) is 8.74. The zero-order valence-electron chi connectivity index (χ0n) is 18.0. The number of carbonyl (C=O) groups is 1. The van der Waals surface area contributed by atoms with Gasteiger partial charge < -0.3 is 9.47 Å². The Morgan fingerprint density at radius 3 is 2.81 bits per heavy atom. The first-order valence-electron chi connectivity index (χ1n) is 10.2. The van der Waals surface area contributed by atoms with Gasteiger partial charge in [-0.05, 0) is 26.8 Å². The molecule has 1 aromatic heterocycles. The topological polar surface area (TPSA) is 85.7 Å². The molecule has 0 spiro atoms. The van der Waals surface area contributed by atoms with Gasteiger partial charge in [-0.15, -0.1) is 0 Å². The van der Waals surface area contributed by atoms with Crippen LogP contribution < -0.4 is 5.32 Å². The first-order chi connectivity index (χ1) is 15.2. The molecular formula is C22H24F2N4O3S. The molecule has 4 rings (SSSR count). The van der Waals surface area contributed by atoms with Gasteiger partial charge in [0.25, 0.3) is 0 Å². The Balaban J connectivity index is 1.77. The number of fused-ring (bicyclic) bond motifs is 1. The summed E-state index contributed by atoms with van der Waals surface area (Å²) in [6.45, 7) is 6.04. The van der Waals surface area contributed by atoms with Crippen molar-refractivity contribution in [1.82, 2.24) is 15.3 Å². The Bertz CT molecular complexity index is 1050. The Morgan fingerprint density at radius 2 is 2.09 bits per heavy atom. The van der Waals surface area contributed by atoms with Gasteiger partial charge in [0.1, 0.15) is 17.2 Å². The number of alkyl carbamates (subject to hydrolysis) is 1. The van der Waals surface area contributed by atoms with Crippen LogP contribution in [-0.4, -0.2) is 45.8 Å². The van der Waals surface area contributed by atoms with Gasteiger partial charge >= 0.3 is 6.09 Å². The highest BCUT2D eigenvalue weighted by Crippen LogP contribution is 2.47. The highest BCUT2D eigenvalue weighted by atomic mass is 32.2. The van der Waals surface area contributed by atoms with Gasteiger partial charge in [-0.1, -0.05) is 11.8 Å². The lowest BCUT2D eigenvalue weighted by atomic mass is 9.75. The van der Waals surface area contributed by atoms with Crippen molar-refractivity contribution in [3.05, 3.63) is 47.9 Å². The minimum Gasteiger partial charge on any atom is -0.444 e. The molecule has 0 radical (unpaired) electrons. The summed E-state index contributed by atoms with van der Waals surface area (Å²) in [5.74, 6) is -1.03. The molecule has 1 fully saturated rings. The molecule has 2 atom stereocenters. The third-order valence-electron chi connectivity index (χ3n) is 5.31. The maximum atomic E-state index is 15.2. The van der Waals surface area contributed by atoms with Crippen LogP contribution in [0.5, 0.6) is 0 Å². The average molecular weight is 463 g/mol. The molecule has 2 aliphatic heterocycles. The molecule has 170 valence electrons. The summed E-state index contributed by atoms with van der Waals surface area (Å²) in [4.78, 5) is 25.2. The van der Waals surface area contributed by atoms with Gasteiger partial charge in [0, 0.05) is 54.3 Å². The Labute approximate surface area is 189 Å². The fourth-order valence-corrected chi connectivity index (χ4v) is 5.02. The van der Waals surface area contributed by atoms with Crippen LogP contribution in [0.25, 0.3) is 11.3 Å². The van der Waals surface area contributed by atoms with E-state index < -0.39 is 28.9 Å². The van der Waals surface area contributed by atoms with E-state index >= 15 is 4.39 Å². The van der Waals surface area contributed by atoms with Gasteiger partial charge in [0.15, 0.2) is 5.17 Å². The van der Waals surface area contributed by atoms with Crippen molar-refractivity contribution in [3.63, 3.8) is 0 Å². The van der Waals surface area contributed by atoms with E-state index in [-0.39, 0.29) is 17.0 Å². The molecule has 1 N–H and O–H groups in total. The number of hydrogen-bond donors (Lipinski definition) is 1. The third-order valence-corrected chi connectivity index (χ3v) is 6.35. The lowest BCUT2D eigenvalue weighted by molar-refractivity contribution is 0.00866. The van der Waals surface area contributed by atoms with Crippen molar-refractivity contribution in [2.24, 2.45) is 10.9 Å². The van der Waals surface area contributed by atoms with Gasteiger partial charge in [-0.3, -0.25) is 20.3 Å². The number of aliphatic imine (C=N–C) groups is 1. The molecule has 0 bridgehead atoms. The largest absolute Gasteiger partial charge is 0.444 e. The zero-order chi connectivity index (χ0) is 22.9. The van der Waals surface area contributed by atoms with E-state index in [0.29, 0.717) is 36.2 Å². The van der Waals surface area contributed by atoms with Crippen molar-refractivity contribution in [3.8, 4) is 11.3 Å². The van der Waals surface area contributed by atoms with Crippen LogP contribution in [0.4, 0.5) is 13.6 Å². The smallest absolute Gasteiger partial charge is 0.413 e. The van der Waals surface area contributed by atoms with E-state index in [0.717, 1.165) is 6.07 Å². The minimum atomic E-state index is -1.01. The predicted molar refractivity (Wildman–Crippen MR) is 117 cm³/mol. The molecule has 32 heavy (non-hydrogen) atoms. The Hall–Kier alpha value is -2.59. The first kappa shape index (κ1) is 22.6. The average Bonchev–Trinajstić information content (AvgIpc) is 2.72. The molecule has 2 aromatic rings. The quantitative estimate of drug-likeness (QED) is 0.717. The summed E-state index contributed by atoms with van der Waals surface area (Å²) in [6, 6.07) is 2.32. The minimum absolute atomic E-state index is 0.143. The summed E-state index contributed by atoms with van der Waals surface area (Å²) in [5, 5.41) is 3.01. The third kappa shape index (κ3) is 4.61. The summed E-state index contributed by atoms with van der Waals surface area (Å²) in [5.41, 5.74) is -0.992. The van der Waals surface area contributed by atoms with E-state index in [2.05, 4.69) is 15.3 Å². The van der Waals surface area contributed by atoms with Crippen LogP contribution in [0.1, 0.15) is 32.8 Å². The monoisotopic (exact) mass is 462 g/mol. The number of nitrogens with zero attached hydrogens (tertiary/aromatic N) is 3. The lowest BCUT2D eigenvalue weighted by Crippen LogP contribution is -2.48. The highest BCUT2D eigenvalue weighted by Gasteiger charge is 2.48. The number of aromatic nitrogens is 2. The van der Waals surface area contributed by atoms with Crippen LogP contribution in [0.15, 0.2) is 35.7 Å². The lowest BCUT2D eigenvalue weighted by Gasteiger charge is -2.44. The van der Waals surface area contributed by atoms with Crippen molar-refractivity contribution >= 4 is 23.0 Å². The number of nitrogens with one attached hydrogen (secondary N) is 1. The number of amides is 1. The number of benzene rings is 1. The van der Waals surface area contributed by atoms with E-state index in [1.807, 2.05) is 0 Å². The predicted octanol–water partition coefficient (Wildman–Crippen LogP) is 4.28. The highest BCUT2D eigenvalue weighted by molar-refractivity contribution is 8.13. The summed E-state index contributed by atoms with van der Waals surface area (Å²) < 4.78 is 40.8.